The van der Waals surface area contributed by atoms with Gasteiger partial charge in [0.1, 0.15) is 0 Å². The van der Waals surface area contributed by atoms with E-state index in [9.17, 15) is 4.79 Å². The zero-order chi connectivity index (χ0) is 9.56. The van der Waals surface area contributed by atoms with Gasteiger partial charge in [-0.2, -0.15) is 10.2 Å². The summed E-state index contributed by atoms with van der Waals surface area (Å²) in [4.78, 5) is 11.0. The number of amides is 1. The van der Waals surface area contributed by atoms with Gasteiger partial charge in [-0.1, -0.05) is 13.8 Å². The lowest BCUT2D eigenvalue weighted by molar-refractivity contribution is -0.123. The molecule has 4 heteroatoms. The van der Waals surface area contributed by atoms with Crippen molar-refractivity contribution in [1.82, 2.24) is 5.32 Å². The highest BCUT2D eigenvalue weighted by Gasteiger charge is 2.05. The zero-order valence-electron chi connectivity index (χ0n) is 7.79. The fourth-order valence-corrected chi connectivity index (χ4v) is 0.575. The summed E-state index contributed by atoms with van der Waals surface area (Å²) in [5, 5.41) is 9.73. The Balaban J connectivity index is 3.76. The molecule has 0 aromatic rings. The van der Waals surface area contributed by atoms with Crippen LogP contribution in [0.3, 0.4) is 0 Å². The second-order valence-corrected chi connectivity index (χ2v) is 2.85. The van der Waals surface area contributed by atoms with Crippen LogP contribution >= 0.6 is 0 Å². The van der Waals surface area contributed by atoms with Gasteiger partial charge in [-0.3, -0.25) is 4.79 Å². The lowest BCUT2D eigenvalue weighted by Gasteiger charge is -2.05. The van der Waals surface area contributed by atoms with Crippen molar-refractivity contribution in [3.63, 3.8) is 0 Å². The van der Waals surface area contributed by atoms with E-state index in [1.807, 2.05) is 13.8 Å². The van der Waals surface area contributed by atoms with Gasteiger partial charge in [-0.15, -0.1) is 0 Å². The number of carbonyl (C=O) groups excluding carboxylic acids is 1. The average molecular weight is 169 g/mol. The van der Waals surface area contributed by atoms with Gasteiger partial charge in [0.15, 0.2) is 0 Å². The molecule has 0 atom stereocenters. The Morgan fingerprint density at radius 1 is 1.58 bits per heavy atom. The van der Waals surface area contributed by atoms with Crippen molar-refractivity contribution >= 4 is 18.3 Å². The van der Waals surface area contributed by atoms with E-state index < -0.39 is 0 Å². The summed E-state index contributed by atoms with van der Waals surface area (Å²) >= 11 is 0. The van der Waals surface area contributed by atoms with Gasteiger partial charge in [0.25, 0.3) is 0 Å². The molecule has 0 bridgehead atoms. The molecule has 0 aromatic carbocycles. The molecule has 0 spiro atoms. The molecule has 0 aliphatic carbocycles. The second-order valence-electron chi connectivity index (χ2n) is 2.85. The highest BCUT2D eigenvalue weighted by atomic mass is 16.1. The quantitative estimate of drug-likeness (QED) is 0.492. The van der Waals surface area contributed by atoms with Crippen molar-refractivity contribution in [3.05, 3.63) is 0 Å². The molecule has 1 N–H and O–H groups in total. The molecular formula is C8H15N3O. The molecule has 0 saturated heterocycles. The molecule has 0 heterocycles. The summed E-state index contributed by atoms with van der Waals surface area (Å²) in [6.07, 6.45) is 0. The van der Waals surface area contributed by atoms with Crippen molar-refractivity contribution in [2.75, 3.05) is 6.54 Å². The highest BCUT2D eigenvalue weighted by molar-refractivity contribution is 5.88. The number of nitrogens with zero attached hydrogens (tertiary/aromatic N) is 2. The van der Waals surface area contributed by atoms with Crippen LogP contribution in [-0.2, 0) is 4.79 Å². The molecule has 0 aliphatic rings. The fourth-order valence-electron chi connectivity index (χ4n) is 0.575. The van der Waals surface area contributed by atoms with Crippen molar-refractivity contribution in [1.29, 1.82) is 0 Å². The Morgan fingerprint density at radius 2 is 2.17 bits per heavy atom. The lowest BCUT2D eigenvalue weighted by Crippen LogP contribution is -2.31. The van der Waals surface area contributed by atoms with E-state index in [2.05, 4.69) is 22.2 Å². The van der Waals surface area contributed by atoms with Gasteiger partial charge in [-0.25, -0.2) is 0 Å². The van der Waals surface area contributed by atoms with Crippen molar-refractivity contribution in [3.8, 4) is 0 Å². The van der Waals surface area contributed by atoms with Crippen LogP contribution in [0.4, 0.5) is 0 Å². The van der Waals surface area contributed by atoms with E-state index in [1.54, 1.807) is 6.92 Å². The van der Waals surface area contributed by atoms with E-state index in [-0.39, 0.29) is 11.8 Å². The number of nitrogens with one attached hydrogen (secondary N) is 1. The van der Waals surface area contributed by atoms with Crippen LogP contribution in [0.15, 0.2) is 10.2 Å². The molecule has 12 heavy (non-hydrogen) atoms. The first-order chi connectivity index (χ1) is 5.57. The summed E-state index contributed by atoms with van der Waals surface area (Å²) in [5.41, 5.74) is 0.749. The fraction of sp³-hybridized carbons (Fsp3) is 0.625. The average Bonchev–Trinajstić information content (AvgIpc) is 2.00. The normalized spacial score (nSPS) is 11.5. The van der Waals surface area contributed by atoms with Crippen LogP contribution in [-0.4, -0.2) is 24.9 Å². The first-order valence-electron chi connectivity index (χ1n) is 3.84. The van der Waals surface area contributed by atoms with Gasteiger partial charge in [-0.05, 0) is 6.92 Å². The third kappa shape index (κ3) is 4.60. The summed E-state index contributed by atoms with van der Waals surface area (Å²) in [6, 6.07) is 0. The Labute approximate surface area is 72.8 Å². The topological polar surface area (TPSA) is 53.8 Å². The van der Waals surface area contributed by atoms with E-state index in [0.29, 0.717) is 6.54 Å². The van der Waals surface area contributed by atoms with Crippen molar-refractivity contribution < 1.29 is 4.79 Å². The first kappa shape index (κ1) is 10.8. The summed E-state index contributed by atoms with van der Waals surface area (Å²) in [5.74, 6) is 0.0307. The molecule has 68 valence electrons. The van der Waals surface area contributed by atoms with Crippen LogP contribution in [0.2, 0.25) is 0 Å². The molecule has 0 aliphatic heterocycles. The third-order valence-electron chi connectivity index (χ3n) is 1.28. The Morgan fingerprint density at radius 3 is 2.58 bits per heavy atom. The van der Waals surface area contributed by atoms with E-state index in [1.165, 1.54) is 0 Å². The van der Waals surface area contributed by atoms with Gasteiger partial charge in [0.05, 0.1) is 12.3 Å². The Hall–Kier alpha value is -1.19. The largest absolute Gasteiger partial charge is 0.351 e. The van der Waals surface area contributed by atoms with Crippen molar-refractivity contribution in [2.24, 2.45) is 16.1 Å². The summed E-state index contributed by atoms with van der Waals surface area (Å²) in [7, 11) is 0. The minimum absolute atomic E-state index is 0.00879. The number of carbonyl (C=O) groups is 1. The zero-order valence-corrected chi connectivity index (χ0v) is 7.79. The maximum atomic E-state index is 11.0. The molecule has 4 nitrogen and oxygen atoms in total. The van der Waals surface area contributed by atoms with Crippen LogP contribution in [0, 0.1) is 5.92 Å². The first-order valence-corrected chi connectivity index (χ1v) is 3.84. The second kappa shape index (κ2) is 5.46. The van der Waals surface area contributed by atoms with Crippen LogP contribution < -0.4 is 5.32 Å². The van der Waals surface area contributed by atoms with Gasteiger partial charge < -0.3 is 5.32 Å². The smallest absolute Gasteiger partial charge is 0.222 e. The number of rotatable bonds is 4. The standard InChI is InChI=1S/C8H15N3O/c1-6(2)8(12)10-5-7(3)11-9-4/h6H,4-5H2,1-3H3,(H,10,12)/b11-7+. The van der Waals surface area contributed by atoms with E-state index >= 15 is 0 Å². The molecule has 0 unspecified atom stereocenters. The van der Waals surface area contributed by atoms with Crippen LogP contribution in [0.25, 0.3) is 0 Å². The Kier molecular flexibility index (Phi) is 4.92. The maximum Gasteiger partial charge on any atom is 0.222 e. The molecule has 0 radical (unpaired) electrons. The minimum atomic E-state index is 0.00879. The summed E-state index contributed by atoms with van der Waals surface area (Å²) < 4.78 is 0. The van der Waals surface area contributed by atoms with E-state index in [4.69, 9.17) is 0 Å². The highest BCUT2D eigenvalue weighted by Crippen LogP contribution is 1.89. The van der Waals surface area contributed by atoms with E-state index in [0.717, 1.165) is 5.71 Å². The predicted octanol–water partition coefficient (Wildman–Crippen LogP) is 0.835. The minimum Gasteiger partial charge on any atom is -0.351 e. The number of hydrogen-bond acceptors (Lipinski definition) is 3. The summed E-state index contributed by atoms with van der Waals surface area (Å²) in [6.45, 7) is 9.12. The van der Waals surface area contributed by atoms with Crippen LogP contribution in [0.1, 0.15) is 20.8 Å². The van der Waals surface area contributed by atoms with Crippen molar-refractivity contribution in [2.45, 2.75) is 20.8 Å². The van der Waals surface area contributed by atoms with Gasteiger partial charge >= 0.3 is 0 Å². The monoisotopic (exact) mass is 169 g/mol. The molecule has 0 saturated carbocycles. The lowest BCUT2D eigenvalue weighted by atomic mass is 10.2. The van der Waals surface area contributed by atoms with Crippen LogP contribution in [0.5, 0.6) is 0 Å². The molecular weight excluding hydrogens is 154 g/mol. The molecule has 0 rings (SSSR count). The Bertz CT molecular complexity index is 196. The van der Waals surface area contributed by atoms with Gasteiger partial charge in [0, 0.05) is 12.6 Å². The molecule has 0 fully saturated rings. The van der Waals surface area contributed by atoms with Gasteiger partial charge in [0.2, 0.25) is 5.91 Å². The SMILES string of the molecule is C=N/N=C(\C)CNC(=O)C(C)C. The molecule has 1 amide bonds. The molecule has 0 aromatic heterocycles. The number of hydrogen-bond donors (Lipinski definition) is 1. The maximum absolute atomic E-state index is 11.0. The third-order valence-corrected chi connectivity index (χ3v) is 1.28. The predicted molar refractivity (Wildman–Crippen MR) is 50.5 cm³/mol.